The van der Waals surface area contributed by atoms with Crippen molar-refractivity contribution in [2.45, 2.75) is 85.2 Å². The lowest BCUT2D eigenvalue weighted by Crippen LogP contribution is -2.37. The first-order chi connectivity index (χ1) is 17.8. The summed E-state index contributed by atoms with van der Waals surface area (Å²) in [6.07, 6.45) is 8.21. The van der Waals surface area contributed by atoms with E-state index in [0.717, 1.165) is 56.6 Å². The third-order valence-electron chi connectivity index (χ3n) is 8.06. The number of benzene rings is 1. The molecule has 1 aromatic carbocycles. The summed E-state index contributed by atoms with van der Waals surface area (Å²) in [6.45, 7) is 11.1. The fraction of sp³-hybridized carbons (Fsp3) is 0.774. The van der Waals surface area contributed by atoms with Gasteiger partial charge in [-0.15, -0.1) is 0 Å². The van der Waals surface area contributed by atoms with Crippen molar-refractivity contribution < 1.29 is 23.7 Å². The van der Waals surface area contributed by atoms with Gasteiger partial charge in [0.25, 0.3) is 0 Å². The molecule has 0 spiro atoms. The molecule has 37 heavy (non-hydrogen) atoms. The molecule has 6 heteroatoms. The number of rotatable bonds is 20. The Bertz CT molecular complexity index is 779. The number of ether oxygens (including phenoxy) is 4. The normalized spacial score (nSPS) is 16.8. The highest BCUT2D eigenvalue weighted by Gasteiger charge is 2.30. The van der Waals surface area contributed by atoms with Crippen molar-refractivity contribution in [2.24, 2.45) is 29.6 Å². The minimum Gasteiger partial charge on any atom is -0.493 e. The van der Waals surface area contributed by atoms with E-state index in [1.54, 1.807) is 21.3 Å². The lowest BCUT2D eigenvalue weighted by atomic mass is 9.82. The molecule has 1 unspecified atom stereocenters. The topological polar surface area (TPSA) is 66.0 Å². The van der Waals surface area contributed by atoms with E-state index in [1.807, 2.05) is 6.07 Å². The summed E-state index contributed by atoms with van der Waals surface area (Å²) in [5, 5.41) is 3.22. The van der Waals surface area contributed by atoms with Crippen LogP contribution in [0.4, 0.5) is 0 Å². The van der Waals surface area contributed by atoms with Crippen molar-refractivity contribution in [3.05, 3.63) is 23.8 Å². The quantitative estimate of drug-likeness (QED) is 0.205. The molecule has 4 atom stereocenters. The Morgan fingerprint density at radius 2 is 1.81 bits per heavy atom. The molecule has 6 nitrogen and oxygen atoms in total. The molecule has 1 N–H and O–H groups in total. The Kier molecular flexibility index (Phi) is 14.4. The van der Waals surface area contributed by atoms with Crippen molar-refractivity contribution in [1.82, 2.24) is 5.32 Å². The number of amides is 1. The Labute approximate surface area is 226 Å². The summed E-state index contributed by atoms with van der Waals surface area (Å²) in [5.41, 5.74) is 1.26. The number of hydrogen-bond donors (Lipinski definition) is 1. The van der Waals surface area contributed by atoms with Crippen LogP contribution < -0.4 is 14.8 Å². The van der Waals surface area contributed by atoms with Crippen LogP contribution >= 0.6 is 0 Å². The van der Waals surface area contributed by atoms with E-state index < -0.39 is 0 Å². The molecule has 0 heterocycles. The predicted molar refractivity (Wildman–Crippen MR) is 150 cm³/mol. The molecule has 212 valence electrons. The van der Waals surface area contributed by atoms with Gasteiger partial charge in [0.1, 0.15) is 0 Å². The van der Waals surface area contributed by atoms with Crippen LogP contribution in [0.15, 0.2) is 18.2 Å². The summed E-state index contributed by atoms with van der Waals surface area (Å²) in [4.78, 5) is 13.0. The van der Waals surface area contributed by atoms with Crippen LogP contribution in [0.1, 0.15) is 78.2 Å². The molecule has 1 aliphatic carbocycles. The number of carbonyl (C=O) groups is 1. The second-order valence-electron chi connectivity index (χ2n) is 11.2. The molecule has 0 radical (unpaired) electrons. The Hall–Kier alpha value is -1.79. The highest BCUT2D eigenvalue weighted by Crippen LogP contribution is 2.33. The van der Waals surface area contributed by atoms with E-state index in [4.69, 9.17) is 18.9 Å². The van der Waals surface area contributed by atoms with Gasteiger partial charge < -0.3 is 24.3 Å². The molecule has 0 saturated heterocycles. The van der Waals surface area contributed by atoms with Gasteiger partial charge in [-0.3, -0.25) is 4.79 Å². The third-order valence-corrected chi connectivity index (χ3v) is 8.06. The second-order valence-corrected chi connectivity index (χ2v) is 11.2. The maximum atomic E-state index is 13.0. The summed E-state index contributed by atoms with van der Waals surface area (Å²) in [7, 11) is 5.18. The number of carbonyl (C=O) groups excluding carboxylic acids is 1. The lowest BCUT2D eigenvalue weighted by molar-refractivity contribution is -0.128. The first kappa shape index (κ1) is 31.4. The average molecular weight is 520 g/mol. The first-order valence-electron chi connectivity index (χ1n) is 14.4. The molecule has 0 bridgehead atoms. The Balaban J connectivity index is 1.99. The van der Waals surface area contributed by atoms with Crippen LogP contribution in [0, 0.1) is 29.6 Å². The molecule has 0 aliphatic heterocycles. The van der Waals surface area contributed by atoms with Gasteiger partial charge in [-0.05, 0) is 79.9 Å². The van der Waals surface area contributed by atoms with Crippen molar-refractivity contribution >= 4 is 5.91 Å². The first-order valence-corrected chi connectivity index (χ1v) is 14.4. The molecule has 2 rings (SSSR count). The van der Waals surface area contributed by atoms with Crippen molar-refractivity contribution in [2.75, 3.05) is 41.1 Å². The van der Waals surface area contributed by atoms with Gasteiger partial charge in [-0.1, -0.05) is 40.2 Å². The molecule has 1 saturated carbocycles. The molecule has 1 amide bonds. The van der Waals surface area contributed by atoms with Crippen molar-refractivity contribution in [3.63, 3.8) is 0 Å². The zero-order chi connectivity index (χ0) is 27.2. The summed E-state index contributed by atoms with van der Waals surface area (Å²) >= 11 is 0. The van der Waals surface area contributed by atoms with E-state index in [-0.39, 0.29) is 17.9 Å². The van der Waals surface area contributed by atoms with E-state index >= 15 is 0 Å². The van der Waals surface area contributed by atoms with Crippen molar-refractivity contribution in [3.8, 4) is 11.5 Å². The standard InChI is InChI=1S/C31H53NO5/c1-8-23(4)28(31(33)32-21-24-10-11-24)20-27(35-6)14-13-26(22(2)3)18-25-12-15-29(36-7)30(19-25)37-17-9-16-34-5/h12,15,19,22-24,26-28H,8-11,13-14,16-18,20-21H2,1-7H3,(H,32,33)/t23?,26-,27-,28+/m1/s1. The molecule has 1 fully saturated rings. The molecule has 0 aromatic heterocycles. The second kappa shape index (κ2) is 16.9. The van der Waals surface area contributed by atoms with Crippen LogP contribution in [-0.2, 0) is 20.7 Å². The highest BCUT2D eigenvalue weighted by atomic mass is 16.5. The monoisotopic (exact) mass is 519 g/mol. The van der Waals surface area contributed by atoms with Crippen LogP contribution in [0.3, 0.4) is 0 Å². The van der Waals surface area contributed by atoms with E-state index in [0.29, 0.717) is 36.9 Å². The van der Waals surface area contributed by atoms with Gasteiger partial charge in [0, 0.05) is 39.7 Å². The van der Waals surface area contributed by atoms with Crippen LogP contribution in [0.2, 0.25) is 0 Å². The summed E-state index contributed by atoms with van der Waals surface area (Å²) in [5.74, 6) is 3.86. The Morgan fingerprint density at radius 1 is 1.05 bits per heavy atom. The largest absolute Gasteiger partial charge is 0.493 e. The van der Waals surface area contributed by atoms with Gasteiger partial charge in [0.05, 0.1) is 19.8 Å². The van der Waals surface area contributed by atoms with Gasteiger partial charge in [-0.25, -0.2) is 0 Å². The average Bonchev–Trinajstić information content (AvgIpc) is 3.73. The summed E-state index contributed by atoms with van der Waals surface area (Å²) in [6, 6.07) is 6.28. The minimum atomic E-state index is 0.00519. The zero-order valence-electron chi connectivity index (χ0n) is 24.5. The van der Waals surface area contributed by atoms with E-state index in [2.05, 4.69) is 45.1 Å². The van der Waals surface area contributed by atoms with Gasteiger partial charge in [0.15, 0.2) is 11.5 Å². The predicted octanol–water partition coefficient (Wildman–Crippen LogP) is 6.30. The van der Waals surface area contributed by atoms with E-state index in [9.17, 15) is 4.79 Å². The molecule has 1 aromatic rings. The number of methoxy groups -OCH3 is 3. The van der Waals surface area contributed by atoms with Gasteiger partial charge in [-0.2, -0.15) is 0 Å². The van der Waals surface area contributed by atoms with Crippen LogP contribution in [0.25, 0.3) is 0 Å². The lowest BCUT2D eigenvalue weighted by Gasteiger charge is -2.28. The zero-order valence-corrected chi connectivity index (χ0v) is 24.5. The number of nitrogens with one attached hydrogen (secondary N) is 1. The number of hydrogen-bond acceptors (Lipinski definition) is 5. The third kappa shape index (κ3) is 11.2. The molecular weight excluding hydrogens is 466 g/mol. The van der Waals surface area contributed by atoms with Gasteiger partial charge >= 0.3 is 0 Å². The van der Waals surface area contributed by atoms with E-state index in [1.165, 1.54) is 18.4 Å². The highest BCUT2D eigenvalue weighted by molar-refractivity contribution is 5.79. The van der Waals surface area contributed by atoms with Crippen molar-refractivity contribution in [1.29, 1.82) is 0 Å². The molecular formula is C31H53NO5. The maximum Gasteiger partial charge on any atom is 0.223 e. The Morgan fingerprint density at radius 3 is 2.41 bits per heavy atom. The van der Waals surface area contributed by atoms with Crippen LogP contribution in [-0.4, -0.2) is 53.1 Å². The smallest absolute Gasteiger partial charge is 0.223 e. The van der Waals surface area contributed by atoms with Crippen LogP contribution in [0.5, 0.6) is 11.5 Å². The fourth-order valence-corrected chi connectivity index (χ4v) is 4.92. The molecule has 1 aliphatic rings. The minimum absolute atomic E-state index is 0.00519. The summed E-state index contributed by atoms with van der Waals surface area (Å²) < 4.78 is 22.6. The van der Waals surface area contributed by atoms with Gasteiger partial charge in [0.2, 0.25) is 5.91 Å². The maximum absolute atomic E-state index is 13.0. The SMILES string of the molecule is CCC(C)[C@H](C[C@@H](CC[C@H](Cc1ccc(OC)c(OCCCOC)c1)C(C)C)OC)C(=O)NCC1CC1. The fourth-order valence-electron chi connectivity index (χ4n) is 4.92.